The molecular formula is C11H21NO3. The molecule has 0 aromatic carbocycles. The molecular weight excluding hydrogens is 194 g/mol. The van der Waals surface area contributed by atoms with Crippen LogP contribution >= 0.6 is 0 Å². The van der Waals surface area contributed by atoms with Gasteiger partial charge in [0.25, 0.3) is 0 Å². The molecule has 2 saturated heterocycles. The van der Waals surface area contributed by atoms with Gasteiger partial charge in [0.15, 0.2) is 0 Å². The molecule has 2 aliphatic heterocycles. The van der Waals surface area contributed by atoms with Crippen molar-refractivity contribution < 1.29 is 15.3 Å². The van der Waals surface area contributed by atoms with E-state index in [1.807, 2.05) is 4.90 Å². The van der Waals surface area contributed by atoms with E-state index in [0.717, 1.165) is 25.8 Å². The van der Waals surface area contributed by atoms with Crippen LogP contribution in [0, 0.1) is 5.92 Å². The van der Waals surface area contributed by atoms with E-state index in [0.29, 0.717) is 6.54 Å². The summed E-state index contributed by atoms with van der Waals surface area (Å²) in [4.78, 5) is 2.02. The van der Waals surface area contributed by atoms with Gasteiger partial charge in [0, 0.05) is 6.54 Å². The Bertz CT molecular complexity index is 224. The van der Waals surface area contributed by atoms with Crippen LogP contribution in [0.5, 0.6) is 0 Å². The van der Waals surface area contributed by atoms with E-state index in [1.165, 1.54) is 0 Å². The molecule has 5 atom stereocenters. The summed E-state index contributed by atoms with van der Waals surface area (Å²) in [6, 6.07) is -0.245. The molecule has 0 aliphatic carbocycles. The van der Waals surface area contributed by atoms with Crippen molar-refractivity contribution in [1.29, 1.82) is 0 Å². The van der Waals surface area contributed by atoms with E-state index in [1.54, 1.807) is 0 Å². The predicted octanol–water partition coefficient (Wildman–Crippen LogP) is -0.427. The summed E-state index contributed by atoms with van der Waals surface area (Å²) in [6.07, 6.45) is 1.10. The van der Waals surface area contributed by atoms with E-state index in [9.17, 15) is 15.3 Å². The Labute approximate surface area is 90.5 Å². The lowest BCUT2D eigenvalue weighted by Crippen LogP contribution is -2.53. The van der Waals surface area contributed by atoms with Crippen LogP contribution in [-0.2, 0) is 0 Å². The number of aliphatic hydroxyl groups is 3. The van der Waals surface area contributed by atoms with Crippen LogP contribution in [0.4, 0.5) is 0 Å². The van der Waals surface area contributed by atoms with Gasteiger partial charge < -0.3 is 15.3 Å². The van der Waals surface area contributed by atoms with Gasteiger partial charge in [0.2, 0.25) is 0 Å². The minimum Gasteiger partial charge on any atom is -0.391 e. The third-order valence-electron chi connectivity index (χ3n) is 3.87. The van der Waals surface area contributed by atoms with Crippen molar-refractivity contribution in [2.45, 2.75) is 50.5 Å². The number of nitrogens with zero attached hydrogens (tertiary/aromatic N) is 1. The normalized spacial score (nSPS) is 46.8. The molecule has 0 aromatic rings. The summed E-state index contributed by atoms with van der Waals surface area (Å²) in [6.45, 7) is 3.50. The smallest absolute Gasteiger partial charge is 0.0991 e. The molecule has 15 heavy (non-hydrogen) atoms. The van der Waals surface area contributed by atoms with Crippen molar-refractivity contribution >= 4 is 0 Å². The fourth-order valence-corrected chi connectivity index (χ4v) is 3.04. The van der Waals surface area contributed by atoms with Crippen LogP contribution in [0.1, 0.15) is 26.2 Å². The highest BCUT2D eigenvalue weighted by Crippen LogP contribution is 2.33. The fourth-order valence-electron chi connectivity index (χ4n) is 3.04. The van der Waals surface area contributed by atoms with Crippen LogP contribution < -0.4 is 0 Å². The summed E-state index contributed by atoms with van der Waals surface area (Å²) in [7, 11) is 0. The zero-order valence-corrected chi connectivity index (χ0v) is 9.21. The maximum Gasteiger partial charge on any atom is 0.0991 e. The highest BCUT2D eigenvalue weighted by Gasteiger charge is 2.48. The zero-order chi connectivity index (χ0) is 11.0. The quantitative estimate of drug-likeness (QED) is 0.585. The van der Waals surface area contributed by atoms with Gasteiger partial charge in [0.05, 0.1) is 24.4 Å². The highest BCUT2D eigenvalue weighted by atomic mass is 16.3. The first-order valence-electron chi connectivity index (χ1n) is 5.93. The Morgan fingerprint density at radius 3 is 2.60 bits per heavy atom. The van der Waals surface area contributed by atoms with Gasteiger partial charge >= 0.3 is 0 Å². The Kier molecular flexibility index (Phi) is 3.30. The number of piperidine rings is 1. The fraction of sp³-hybridized carbons (Fsp3) is 1.00. The molecule has 0 saturated carbocycles. The first-order valence-corrected chi connectivity index (χ1v) is 5.93. The zero-order valence-electron chi connectivity index (χ0n) is 9.21. The van der Waals surface area contributed by atoms with Gasteiger partial charge in [-0.3, -0.25) is 4.90 Å². The third kappa shape index (κ3) is 1.91. The van der Waals surface area contributed by atoms with Gasteiger partial charge in [0.1, 0.15) is 0 Å². The average Bonchev–Trinajstić information content (AvgIpc) is 2.49. The van der Waals surface area contributed by atoms with Crippen LogP contribution in [0.25, 0.3) is 0 Å². The molecule has 5 unspecified atom stereocenters. The molecule has 88 valence electrons. The number of hydrogen-bond acceptors (Lipinski definition) is 4. The van der Waals surface area contributed by atoms with E-state index in [4.69, 9.17) is 0 Å². The van der Waals surface area contributed by atoms with Crippen molar-refractivity contribution in [3.8, 4) is 0 Å². The largest absolute Gasteiger partial charge is 0.391 e. The number of hydrogen-bond donors (Lipinski definition) is 3. The Morgan fingerprint density at radius 2 is 1.93 bits per heavy atom. The summed E-state index contributed by atoms with van der Waals surface area (Å²) >= 11 is 0. The number of rotatable bonds is 2. The molecule has 4 nitrogen and oxygen atoms in total. The van der Waals surface area contributed by atoms with Crippen molar-refractivity contribution in [2.75, 3.05) is 13.1 Å². The molecule has 4 heteroatoms. The minimum atomic E-state index is -0.778. The standard InChI is InChI=1S/C11H21NO3/c1-2-3-7-4-5-12-6-8(13)11(15)9(12)10(7)14/h7-11,13-15H,2-6H2,1H3. The first kappa shape index (κ1) is 11.3. The minimum absolute atomic E-state index is 0.245. The van der Waals surface area contributed by atoms with E-state index in [-0.39, 0.29) is 12.0 Å². The van der Waals surface area contributed by atoms with E-state index >= 15 is 0 Å². The molecule has 2 fully saturated rings. The molecule has 2 rings (SSSR count). The topological polar surface area (TPSA) is 63.9 Å². The van der Waals surface area contributed by atoms with Gasteiger partial charge in [-0.25, -0.2) is 0 Å². The summed E-state index contributed by atoms with van der Waals surface area (Å²) in [5.74, 6) is 0.288. The Hall–Kier alpha value is -0.160. The summed E-state index contributed by atoms with van der Waals surface area (Å²) in [5.41, 5.74) is 0. The molecule has 0 amide bonds. The molecule has 2 heterocycles. The van der Waals surface area contributed by atoms with Gasteiger partial charge in [-0.2, -0.15) is 0 Å². The second-order valence-electron chi connectivity index (χ2n) is 4.87. The van der Waals surface area contributed by atoms with Crippen LogP contribution in [0.15, 0.2) is 0 Å². The van der Waals surface area contributed by atoms with Crippen molar-refractivity contribution in [1.82, 2.24) is 4.90 Å². The maximum atomic E-state index is 10.1. The number of fused-ring (bicyclic) bond motifs is 1. The molecule has 3 N–H and O–H groups in total. The van der Waals surface area contributed by atoms with Crippen molar-refractivity contribution in [3.05, 3.63) is 0 Å². The molecule has 2 aliphatic rings. The summed E-state index contributed by atoms with van der Waals surface area (Å²) < 4.78 is 0. The molecule has 0 spiro atoms. The van der Waals surface area contributed by atoms with E-state index < -0.39 is 18.3 Å². The lowest BCUT2D eigenvalue weighted by molar-refractivity contribution is -0.0581. The SMILES string of the molecule is CCCC1CCN2CC(O)C(O)C2C1O. The molecule has 0 aromatic heterocycles. The first-order chi connectivity index (χ1) is 7.15. The van der Waals surface area contributed by atoms with Crippen LogP contribution in [0.3, 0.4) is 0 Å². The molecule has 0 radical (unpaired) electrons. The lowest BCUT2D eigenvalue weighted by atomic mass is 9.84. The van der Waals surface area contributed by atoms with Gasteiger partial charge in [-0.05, 0) is 25.3 Å². The van der Waals surface area contributed by atoms with Crippen molar-refractivity contribution in [3.63, 3.8) is 0 Å². The van der Waals surface area contributed by atoms with Gasteiger partial charge in [-0.1, -0.05) is 13.3 Å². The van der Waals surface area contributed by atoms with E-state index in [2.05, 4.69) is 6.92 Å². The monoisotopic (exact) mass is 215 g/mol. The predicted molar refractivity (Wildman–Crippen MR) is 56.4 cm³/mol. The number of aliphatic hydroxyl groups excluding tert-OH is 3. The second kappa shape index (κ2) is 4.37. The Balaban J connectivity index is 2.06. The Morgan fingerprint density at radius 1 is 1.20 bits per heavy atom. The summed E-state index contributed by atoms with van der Waals surface area (Å²) in [5, 5.41) is 29.5. The average molecular weight is 215 g/mol. The second-order valence-corrected chi connectivity index (χ2v) is 4.87. The molecule has 0 bridgehead atoms. The maximum absolute atomic E-state index is 10.1. The third-order valence-corrected chi connectivity index (χ3v) is 3.87. The van der Waals surface area contributed by atoms with Gasteiger partial charge in [-0.15, -0.1) is 0 Å². The lowest BCUT2D eigenvalue weighted by Gasteiger charge is -2.40. The van der Waals surface area contributed by atoms with Crippen molar-refractivity contribution in [2.24, 2.45) is 5.92 Å². The highest BCUT2D eigenvalue weighted by molar-refractivity contribution is 5.01. The van der Waals surface area contributed by atoms with Crippen LogP contribution in [-0.4, -0.2) is 57.7 Å². The van der Waals surface area contributed by atoms with Crippen LogP contribution in [0.2, 0.25) is 0 Å².